The molecule has 2 fully saturated rings. The van der Waals surface area contributed by atoms with Gasteiger partial charge in [0.05, 0.1) is 12.2 Å². The Bertz CT molecular complexity index is 988. The number of nitriles is 1. The van der Waals surface area contributed by atoms with Crippen LogP contribution in [-0.2, 0) is 0 Å². The number of pyridine rings is 1. The first-order valence-electron chi connectivity index (χ1n) is 11.6. The number of aromatic nitrogens is 1. The Balaban J connectivity index is 1.63. The number of nitrogens with zero attached hydrogens (tertiary/aromatic N) is 2. The number of hydrogen-bond acceptors (Lipinski definition) is 3. The molecule has 0 unspecified atom stereocenters. The van der Waals surface area contributed by atoms with Gasteiger partial charge >= 0.3 is 0 Å². The maximum atomic E-state index is 10.4. The van der Waals surface area contributed by atoms with Gasteiger partial charge in [0.1, 0.15) is 0 Å². The largest absolute Gasteiger partial charge is 0.393 e. The maximum absolute atomic E-state index is 10.4. The first-order valence-corrected chi connectivity index (χ1v) is 11.6. The molecule has 5 rings (SSSR count). The van der Waals surface area contributed by atoms with Crippen LogP contribution in [0.5, 0.6) is 0 Å². The van der Waals surface area contributed by atoms with Crippen molar-refractivity contribution in [3.63, 3.8) is 0 Å². The molecule has 0 saturated heterocycles. The van der Waals surface area contributed by atoms with E-state index in [-0.39, 0.29) is 27.8 Å². The summed E-state index contributed by atoms with van der Waals surface area (Å²) >= 11 is 0. The second kappa shape index (κ2) is 6.30. The first-order chi connectivity index (χ1) is 14.2. The van der Waals surface area contributed by atoms with E-state index in [1.807, 2.05) is 18.5 Å². The Hall–Kier alpha value is -1.92. The standard InChI is InChI=1S/C27H34N2O/c1-24-9-7-20(30)15-22(24)19(16-28)14-23-26(3)10-8-21(18-6-5-13-29-17-18)25(26,2)11-12-27(23,24)4/h5-6,8,13,17,20,23,30H,7,9-12,14-15H2,1-4H3/t20-,23-,24-,25+,26-,27-/m0/s1. The maximum Gasteiger partial charge on any atom is 0.0946 e. The lowest BCUT2D eigenvalue weighted by molar-refractivity contribution is -0.141. The van der Waals surface area contributed by atoms with Crippen molar-refractivity contribution in [2.75, 3.05) is 0 Å². The van der Waals surface area contributed by atoms with Crippen molar-refractivity contribution in [3.05, 3.63) is 47.3 Å². The molecule has 1 aromatic rings. The predicted octanol–water partition coefficient (Wildman–Crippen LogP) is 6.07. The van der Waals surface area contributed by atoms with Crippen LogP contribution in [0, 0.1) is 38.9 Å². The van der Waals surface area contributed by atoms with E-state index in [1.54, 1.807) is 0 Å². The van der Waals surface area contributed by atoms with Gasteiger partial charge in [-0.05, 0) is 95.3 Å². The lowest BCUT2D eigenvalue weighted by atomic mass is 9.36. The third-order valence-electron chi connectivity index (χ3n) is 10.5. The molecule has 3 nitrogen and oxygen atoms in total. The van der Waals surface area contributed by atoms with Crippen LogP contribution in [-0.4, -0.2) is 16.2 Å². The van der Waals surface area contributed by atoms with Crippen molar-refractivity contribution in [3.8, 4) is 6.07 Å². The molecular weight excluding hydrogens is 368 g/mol. The van der Waals surface area contributed by atoms with Crippen LogP contribution in [0.2, 0.25) is 0 Å². The topological polar surface area (TPSA) is 56.9 Å². The first kappa shape index (κ1) is 20.0. The molecule has 1 N–H and O–H groups in total. The molecule has 4 aliphatic rings. The van der Waals surface area contributed by atoms with Crippen LogP contribution in [0.25, 0.3) is 5.57 Å². The fourth-order valence-electron chi connectivity index (χ4n) is 8.17. The van der Waals surface area contributed by atoms with Gasteiger partial charge in [-0.3, -0.25) is 4.98 Å². The minimum Gasteiger partial charge on any atom is -0.393 e. The average Bonchev–Trinajstić information content (AvgIpc) is 3.01. The molecule has 2 saturated carbocycles. The summed E-state index contributed by atoms with van der Waals surface area (Å²) in [5.74, 6) is 0.466. The van der Waals surface area contributed by atoms with Gasteiger partial charge in [-0.15, -0.1) is 0 Å². The monoisotopic (exact) mass is 402 g/mol. The second-order valence-corrected chi connectivity index (χ2v) is 11.3. The SMILES string of the molecule is C[C@]12CC[C@H](O)CC1=C(C#N)C[C@@H]1[C@]2(C)CC[C@]2(C)C(c3cccnc3)=CC[C@@]12C. The average molecular weight is 403 g/mol. The van der Waals surface area contributed by atoms with Gasteiger partial charge in [0.2, 0.25) is 0 Å². The summed E-state index contributed by atoms with van der Waals surface area (Å²) in [7, 11) is 0. The van der Waals surface area contributed by atoms with Crippen molar-refractivity contribution in [1.29, 1.82) is 5.26 Å². The zero-order valence-electron chi connectivity index (χ0n) is 18.8. The molecule has 30 heavy (non-hydrogen) atoms. The van der Waals surface area contributed by atoms with Crippen molar-refractivity contribution in [2.24, 2.45) is 27.6 Å². The summed E-state index contributed by atoms with van der Waals surface area (Å²) in [6.45, 7) is 9.89. The highest BCUT2D eigenvalue weighted by molar-refractivity contribution is 5.73. The van der Waals surface area contributed by atoms with E-state index in [2.05, 4.69) is 50.9 Å². The second-order valence-electron chi connectivity index (χ2n) is 11.3. The van der Waals surface area contributed by atoms with Gasteiger partial charge in [0.25, 0.3) is 0 Å². The van der Waals surface area contributed by atoms with Crippen LogP contribution in [0.4, 0.5) is 0 Å². The Labute approximate surface area is 180 Å². The van der Waals surface area contributed by atoms with Crippen molar-refractivity contribution in [2.45, 2.75) is 78.7 Å². The molecule has 0 radical (unpaired) electrons. The van der Waals surface area contributed by atoms with Crippen LogP contribution < -0.4 is 0 Å². The highest BCUT2D eigenvalue weighted by Gasteiger charge is 2.68. The third-order valence-corrected chi connectivity index (χ3v) is 10.5. The van der Waals surface area contributed by atoms with E-state index >= 15 is 0 Å². The molecule has 158 valence electrons. The molecule has 0 aliphatic heterocycles. The fourth-order valence-corrected chi connectivity index (χ4v) is 8.17. The molecule has 0 spiro atoms. The Morgan fingerprint density at radius 2 is 1.87 bits per heavy atom. The zero-order chi connectivity index (χ0) is 21.4. The van der Waals surface area contributed by atoms with Crippen LogP contribution in [0.15, 0.2) is 41.7 Å². The van der Waals surface area contributed by atoms with Crippen LogP contribution >= 0.6 is 0 Å². The Morgan fingerprint density at radius 3 is 2.57 bits per heavy atom. The molecular formula is C27H34N2O. The molecule has 0 bridgehead atoms. The number of rotatable bonds is 1. The number of allylic oxidation sites excluding steroid dienone is 3. The zero-order valence-corrected chi connectivity index (χ0v) is 18.8. The number of fused-ring (bicyclic) bond motifs is 5. The highest BCUT2D eigenvalue weighted by Crippen LogP contribution is 2.76. The Kier molecular flexibility index (Phi) is 4.20. The minimum atomic E-state index is -0.286. The molecule has 0 aromatic carbocycles. The van der Waals surface area contributed by atoms with Gasteiger partial charge in [-0.2, -0.15) is 5.26 Å². The van der Waals surface area contributed by atoms with E-state index in [1.165, 1.54) is 29.6 Å². The van der Waals surface area contributed by atoms with Gasteiger partial charge in [-0.1, -0.05) is 39.8 Å². The summed E-state index contributed by atoms with van der Waals surface area (Å²) in [6.07, 6.45) is 12.9. The minimum absolute atomic E-state index is 0.0155. The van der Waals surface area contributed by atoms with Crippen LogP contribution in [0.1, 0.15) is 78.2 Å². The quantitative estimate of drug-likeness (QED) is 0.620. The van der Waals surface area contributed by atoms with Crippen molar-refractivity contribution < 1.29 is 5.11 Å². The summed E-state index contributed by atoms with van der Waals surface area (Å²) < 4.78 is 0. The predicted molar refractivity (Wildman–Crippen MR) is 119 cm³/mol. The molecule has 3 heteroatoms. The summed E-state index contributed by atoms with van der Waals surface area (Å²) in [5, 5.41) is 20.5. The lowest BCUT2D eigenvalue weighted by Gasteiger charge is -2.68. The third kappa shape index (κ3) is 2.27. The van der Waals surface area contributed by atoms with E-state index < -0.39 is 0 Å². The van der Waals surface area contributed by atoms with Crippen LogP contribution in [0.3, 0.4) is 0 Å². The van der Waals surface area contributed by atoms with E-state index in [0.717, 1.165) is 31.3 Å². The number of aliphatic hydroxyl groups is 1. The van der Waals surface area contributed by atoms with Gasteiger partial charge < -0.3 is 5.11 Å². The van der Waals surface area contributed by atoms with Gasteiger partial charge in [0.15, 0.2) is 0 Å². The van der Waals surface area contributed by atoms with Gasteiger partial charge in [0, 0.05) is 18.0 Å². The van der Waals surface area contributed by atoms with E-state index in [0.29, 0.717) is 12.3 Å². The van der Waals surface area contributed by atoms with Crippen molar-refractivity contribution in [1.82, 2.24) is 4.98 Å². The van der Waals surface area contributed by atoms with E-state index in [4.69, 9.17) is 0 Å². The lowest BCUT2D eigenvalue weighted by Crippen LogP contribution is -2.60. The highest BCUT2D eigenvalue weighted by atomic mass is 16.3. The number of hydrogen-bond donors (Lipinski definition) is 1. The van der Waals surface area contributed by atoms with Crippen molar-refractivity contribution >= 4 is 5.57 Å². The molecule has 6 atom stereocenters. The van der Waals surface area contributed by atoms with Gasteiger partial charge in [-0.25, -0.2) is 0 Å². The number of aliphatic hydroxyl groups excluding tert-OH is 1. The molecule has 1 aromatic heterocycles. The normalized spacial score (nSPS) is 45.1. The molecule has 1 heterocycles. The fraction of sp³-hybridized carbons (Fsp3) is 0.630. The van der Waals surface area contributed by atoms with E-state index in [9.17, 15) is 10.4 Å². The Morgan fingerprint density at radius 1 is 1.07 bits per heavy atom. The smallest absolute Gasteiger partial charge is 0.0946 e. The summed E-state index contributed by atoms with van der Waals surface area (Å²) in [4.78, 5) is 4.40. The summed E-state index contributed by atoms with van der Waals surface area (Å²) in [5.41, 5.74) is 5.36. The molecule has 4 aliphatic carbocycles. The molecule has 0 amide bonds. The summed E-state index contributed by atoms with van der Waals surface area (Å²) in [6, 6.07) is 6.84.